The van der Waals surface area contributed by atoms with Crippen LogP contribution in [0.15, 0.2) is 11.6 Å². The van der Waals surface area contributed by atoms with Crippen molar-refractivity contribution in [3.63, 3.8) is 0 Å². The second-order valence-electron chi connectivity index (χ2n) is 6.82. The molecule has 1 nitrogen and oxygen atoms in total. The lowest BCUT2D eigenvalue weighted by Gasteiger charge is -2.30. The van der Waals surface area contributed by atoms with Crippen LogP contribution in [0.2, 0.25) is 0 Å². The standard InChI is InChI=1S/C15H28O/c1-12(2)11-15(16)9-6-7-13(8-10-15)14(3,4)5/h11,13,16H,6-10H2,1-5H3. The molecule has 1 rings (SSSR count). The first-order chi connectivity index (χ1) is 7.23. The highest BCUT2D eigenvalue weighted by Gasteiger charge is 2.33. The van der Waals surface area contributed by atoms with E-state index in [-0.39, 0.29) is 0 Å². The molecule has 0 spiro atoms. The van der Waals surface area contributed by atoms with Crippen LogP contribution in [0.3, 0.4) is 0 Å². The zero-order valence-corrected chi connectivity index (χ0v) is 11.6. The summed E-state index contributed by atoms with van der Waals surface area (Å²) in [6, 6.07) is 0. The third kappa shape index (κ3) is 3.93. The average molecular weight is 224 g/mol. The lowest BCUT2D eigenvalue weighted by Crippen LogP contribution is -2.26. The third-order valence-electron chi connectivity index (χ3n) is 3.87. The maximum absolute atomic E-state index is 10.5. The van der Waals surface area contributed by atoms with Gasteiger partial charge in [0.1, 0.15) is 0 Å². The molecule has 16 heavy (non-hydrogen) atoms. The van der Waals surface area contributed by atoms with Crippen molar-refractivity contribution in [1.82, 2.24) is 0 Å². The van der Waals surface area contributed by atoms with E-state index in [2.05, 4.69) is 40.7 Å². The van der Waals surface area contributed by atoms with Crippen molar-refractivity contribution in [2.45, 2.75) is 72.3 Å². The maximum atomic E-state index is 10.5. The van der Waals surface area contributed by atoms with Crippen LogP contribution in [0.25, 0.3) is 0 Å². The van der Waals surface area contributed by atoms with E-state index in [9.17, 15) is 5.11 Å². The highest BCUT2D eigenvalue weighted by molar-refractivity contribution is 5.07. The summed E-state index contributed by atoms with van der Waals surface area (Å²) in [5.41, 5.74) is 1.09. The Morgan fingerprint density at radius 1 is 1.19 bits per heavy atom. The van der Waals surface area contributed by atoms with Crippen LogP contribution in [0.4, 0.5) is 0 Å². The molecule has 0 aromatic carbocycles. The number of allylic oxidation sites excluding steroid dienone is 1. The number of rotatable bonds is 1. The molecule has 1 saturated carbocycles. The first-order valence-corrected chi connectivity index (χ1v) is 6.61. The molecule has 0 radical (unpaired) electrons. The molecular formula is C15H28O. The highest BCUT2D eigenvalue weighted by atomic mass is 16.3. The van der Waals surface area contributed by atoms with Gasteiger partial charge in [0.25, 0.3) is 0 Å². The summed E-state index contributed by atoms with van der Waals surface area (Å²) in [7, 11) is 0. The van der Waals surface area contributed by atoms with Gasteiger partial charge in [-0.3, -0.25) is 0 Å². The molecule has 1 aliphatic rings. The van der Waals surface area contributed by atoms with Crippen molar-refractivity contribution in [2.75, 3.05) is 0 Å². The topological polar surface area (TPSA) is 20.2 Å². The molecule has 2 unspecified atom stereocenters. The van der Waals surface area contributed by atoms with Gasteiger partial charge < -0.3 is 5.11 Å². The Bertz CT molecular complexity index is 255. The SMILES string of the molecule is CC(C)=CC1(O)CCCC(C(C)(C)C)CC1. The maximum Gasteiger partial charge on any atom is 0.0830 e. The van der Waals surface area contributed by atoms with Gasteiger partial charge in [0.05, 0.1) is 5.60 Å². The van der Waals surface area contributed by atoms with Crippen LogP contribution in [-0.2, 0) is 0 Å². The van der Waals surface area contributed by atoms with E-state index in [1.165, 1.54) is 12.0 Å². The van der Waals surface area contributed by atoms with Crippen LogP contribution < -0.4 is 0 Å². The minimum absolute atomic E-state index is 0.385. The molecule has 0 bridgehead atoms. The van der Waals surface area contributed by atoms with Crippen molar-refractivity contribution in [3.8, 4) is 0 Å². The predicted octanol–water partition coefficient (Wildman–Crippen LogP) is 4.31. The molecule has 0 aliphatic heterocycles. The molecule has 0 aromatic heterocycles. The summed E-state index contributed by atoms with van der Waals surface area (Å²) in [5.74, 6) is 0.757. The number of hydrogen-bond acceptors (Lipinski definition) is 1. The Morgan fingerprint density at radius 2 is 1.81 bits per heavy atom. The summed E-state index contributed by atoms with van der Waals surface area (Å²) in [4.78, 5) is 0. The van der Waals surface area contributed by atoms with Crippen LogP contribution >= 0.6 is 0 Å². The summed E-state index contributed by atoms with van der Waals surface area (Å²) in [6.07, 6.45) is 7.51. The van der Waals surface area contributed by atoms with Crippen LogP contribution in [0, 0.1) is 11.3 Å². The van der Waals surface area contributed by atoms with Gasteiger partial charge >= 0.3 is 0 Å². The Kier molecular flexibility index (Phi) is 4.23. The average Bonchev–Trinajstić information content (AvgIpc) is 2.24. The third-order valence-corrected chi connectivity index (χ3v) is 3.87. The van der Waals surface area contributed by atoms with Gasteiger partial charge in [-0.15, -0.1) is 0 Å². The van der Waals surface area contributed by atoms with Crippen molar-refractivity contribution < 1.29 is 5.11 Å². The smallest absolute Gasteiger partial charge is 0.0830 e. The van der Waals surface area contributed by atoms with Crippen molar-refractivity contribution in [3.05, 3.63) is 11.6 Å². The molecule has 0 heterocycles. The molecule has 1 aliphatic carbocycles. The molecule has 0 saturated heterocycles. The zero-order valence-electron chi connectivity index (χ0n) is 11.6. The molecule has 0 amide bonds. The molecule has 0 aromatic rings. The van der Waals surface area contributed by atoms with Gasteiger partial charge in [0.15, 0.2) is 0 Å². The van der Waals surface area contributed by atoms with Gasteiger partial charge in [-0.25, -0.2) is 0 Å². The van der Waals surface area contributed by atoms with Gasteiger partial charge in [-0.1, -0.05) is 32.4 Å². The second-order valence-corrected chi connectivity index (χ2v) is 6.82. The van der Waals surface area contributed by atoms with E-state index in [0.717, 1.165) is 31.6 Å². The van der Waals surface area contributed by atoms with E-state index in [1.54, 1.807) is 0 Å². The molecule has 1 heteroatoms. The van der Waals surface area contributed by atoms with Crippen LogP contribution in [0.5, 0.6) is 0 Å². The van der Waals surface area contributed by atoms with Gasteiger partial charge in [-0.2, -0.15) is 0 Å². The molecule has 2 atom stereocenters. The van der Waals surface area contributed by atoms with Crippen LogP contribution in [-0.4, -0.2) is 10.7 Å². The summed E-state index contributed by atoms with van der Waals surface area (Å²) < 4.78 is 0. The highest BCUT2D eigenvalue weighted by Crippen LogP contribution is 2.40. The molecule has 1 N–H and O–H groups in total. The summed E-state index contributed by atoms with van der Waals surface area (Å²) in [5, 5.41) is 10.5. The molecule has 1 fully saturated rings. The van der Waals surface area contributed by atoms with Crippen molar-refractivity contribution >= 4 is 0 Å². The molecular weight excluding hydrogens is 196 g/mol. The number of aliphatic hydroxyl groups is 1. The van der Waals surface area contributed by atoms with E-state index in [4.69, 9.17) is 0 Å². The Balaban J connectivity index is 2.69. The van der Waals surface area contributed by atoms with Crippen LogP contribution in [0.1, 0.15) is 66.7 Å². The lowest BCUT2D eigenvalue weighted by atomic mass is 9.76. The monoisotopic (exact) mass is 224 g/mol. The van der Waals surface area contributed by atoms with Crippen molar-refractivity contribution in [2.24, 2.45) is 11.3 Å². The first kappa shape index (κ1) is 13.8. The molecule has 94 valence electrons. The fourth-order valence-corrected chi connectivity index (χ4v) is 2.90. The lowest BCUT2D eigenvalue weighted by molar-refractivity contribution is 0.0701. The van der Waals surface area contributed by atoms with Gasteiger partial charge in [0, 0.05) is 0 Å². The quantitative estimate of drug-likeness (QED) is 0.520. The summed E-state index contributed by atoms with van der Waals surface area (Å²) >= 11 is 0. The summed E-state index contributed by atoms with van der Waals surface area (Å²) in [6.45, 7) is 11.1. The second kappa shape index (κ2) is 4.91. The van der Waals surface area contributed by atoms with Crippen molar-refractivity contribution in [1.29, 1.82) is 0 Å². The van der Waals surface area contributed by atoms with Gasteiger partial charge in [-0.05, 0) is 57.3 Å². The van der Waals surface area contributed by atoms with Gasteiger partial charge in [0.2, 0.25) is 0 Å². The minimum Gasteiger partial charge on any atom is -0.386 e. The van der Waals surface area contributed by atoms with E-state index in [0.29, 0.717) is 5.41 Å². The zero-order chi connectivity index (χ0) is 12.4. The Hall–Kier alpha value is -0.300. The van der Waals surface area contributed by atoms with E-state index >= 15 is 0 Å². The fourth-order valence-electron chi connectivity index (χ4n) is 2.90. The minimum atomic E-state index is -0.529. The predicted molar refractivity (Wildman–Crippen MR) is 70.4 cm³/mol. The Labute approximate surface area is 101 Å². The van der Waals surface area contributed by atoms with E-state index in [1.807, 2.05) is 0 Å². The van der Waals surface area contributed by atoms with E-state index < -0.39 is 5.60 Å². The largest absolute Gasteiger partial charge is 0.386 e. The first-order valence-electron chi connectivity index (χ1n) is 6.61. The number of hydrogen-bond donors (Lipinski definition) is 1. The Morgan fingerprint density at radius 3 is 2.31 bits per heavy atom. The fraction of sp³-hybridized carbons (Fsp3) is 0.867. The normalized spacial score (nSPS) is 32.0.